The maximum atomic E-state index is 10.6. The Morgan fingerprint density at radius 3 is 3.12 bits per heavy atom. The molecule has 2 N–H and O–H groups in total. The Bertz CT molecular complexity index is 412. The SMILES string of the molecule is CC(CCNc1cnccc1C#N)C(=O)O. The van der Waals surface area contributed by atoms with E-state index in [0.29, 0.717) is 24.2 Å². The van der Waals surface area contributed by atoms with Gasteiger partial charge in [0.1, 0.15) is 6.07 Å². The molecule has 0 spiro atoms. The Kier molecular flexibility index (Phi) is 4.28. The largest absolute Gasteiger partial charge is 0.481 e. The minimum atomic E-state index is -0.812. The number of nitrogens with one attached hydrogen (secondary N) is 1. The molecule has 0 saturated carbocycles. The van der Waals surface area contributed by atoms with Gasteiger partial charge in [0.05, 0.1) is 23.4 Å². The Balaban J connectivity index is 2.49. The van der Waals surface area contributed by atoms with Crippen molar-refractivity contribution in [2.75, 3.05) is 11.9 Å². The van der Waals surface area contributed by atoms with E-state index in [0.717, 1.165) is 0 Å². The van der Waals surface area contributed by atoms with Crippen LogP contribution < -0.4 is 5.32 Å². The van der Waals surface area contributed by atoms with Crippen LogP contribution in [0.3, 0.4) is 0 Å². The van der Waals surface area contributed by atoms with Gasteiger partial charge in [-0.1, -0.05) is 6.92 Å². The van der Waals surface area contributed by atoms with Crippen LogP contribution in [0, 0.1) is 17.2 Å². The second-order valence-electron chi connectivity index (χ2n) is 3.49. The molecule has 0 aromatic carbocycles. The standard InChI is InChI=1S/C11H13N3O2/c1-8(11(15)16)2-5-14-10-7-13-4-3-9(10)6-12/h3-4,7-8,14H,2,5H2,1H3,(H,15,16). The van der Waals surface area contributed by atoms with Gasteiger partial charge in [0.25, 0.3) is 0 Å². The molecule has 0 amide bonds. The van der Waals surface area contributed by atoms with Gasteiger partial charge in [0.2, 0.25) is 0 Å². The zero-order valence-corrected chi connectivity index (χ0v) is 8.97. The first-order valence-corrected chi connectivity index (χ1v) is 4.96. The lowest BCUT2D eigenvalue weighted by molar-refractivity contribution is -0.141. The zero-order valence-electron chi connectivity index (χ0n) is 8.97. The highest BCUT2D eigenvalue weighted by Gasteiger charge is 2.10. The Morgan fingerprint density at radius 2 is 2.50 bits per heavy atom. The number of rotatable bonds is 5. The average Bonchev–Trinajstić information content (AvgIpc) is 2.29. The highest BCUT2D eigenvalue weighted by Crippen LogP contribution is 2.12. The number of hydrogen-bond acceptors (Lipinski definition) is 4. The topological polar surface area (TPSA) is 86.0 Å². The molecule has 0 radical (unpaired) electrons. The van der Waals surface area contributed by atoms with Gasteiger partial charge in [-0.3, -0.25) is 9.78 Å². The predicted octanol–water partition coefficient (Wildman–Crippen LogP) is 1.48. The molecule has 0 aliphatic rings. The molecule has 1 heterocycles. The van der Waals surface area contributed by atoms with Crippen LogP contribution in [0.15, 0.2) is 18.5 Å². The van der Waals surface area contributed by atoms with Crippen LogP contribution in [0.5, 0.6) is 0 Å². The van der Waals surface area contributed by atoms with Gasteiger partial charge in [0.15, 0.2) is 0 Å². The van der Waals surface area contributed by atoms with Gasteiger partial charge in [-0.25, -0.2) is 0 Å². The summed E-state index contributed by atoms with van der Waals surface area (Å²) < 4.78 is 0. The Labute approximate surface area is 93.7 Å². The molecule has 16 heavy (non-hydrogen) atoms. The number of nitrogens with zero attached hydrogens (tertiary/aromatic N) is 2. The maximum absolute atomic E-state index is 10.6. The highest BCUT2D eigenvalue weighted by atomic mass is 16.4. The fourth-order valence-corrected chi connectivity index (χ4v) is 1.18. The van der Waals surface area contributed by atoms with Crippen molar-refractivity contribution in [3.63, 3.8) is 0 Å². The fraction of sp³-hybridized carbons (Fsp3) is 0.364. The number of hydrogen-bond donors (Lipinski definition) is 2. The van der Waals surface area contributed by atoms with Crippen LogP contribution in [0.4, 0.5) is 5.69 Å². The molecular weight excluding hydrogens is 206 g/mol. The van der Waals surface area contributed by atoms with Crippen LogP contribution in [0.25, 0.3) is 0 Å². The lowest BCUT2D eigenvalue weighted by Crippen LogP contribution is -2.14. The second-order valence-corrected chi connectivity index (χ2v) is 3.49. The molecule has 5 heteroatoms. The molecule has 1 unspecified atom stereocenters. The van der Waals surface area contributed by atoms with Crippen LogP contribution in [-0.4, -0.2) is 22.6 Å². The van der Waals surface area contributed by atoms with E-state index in [9.17, 15) is 4.79 Å². The van der Waals surface area contributed by atoms with E-state index in [2.05, 4.69) is 10.3 Å². The molecular formula is C11H13N3O2. The van der Waals surface area contributed by atoms with Crippen molar-refractivity contribution in [1.29, 1.82) is 5.26 Å². The van der Waals surface area contributed by atoms with Gasteiger partial charge in [-0.2, -0.15) is 5.26 Å². The quantitative estimate of drug-likeness (QED) is 0.783. The average molecular weight is 219 g/mol. The Morgan fingerprint density at radius 1 is 1.75 bits per heavy atom. The number of anilines is 1. The number of aromatic nitrogens is 1. The molecule has 1 aromatic rings. The number of nitriles is 1. The Hall–Kier alpha value is -2.09. The third kappa shape index (κ3) is 3.24. The lowest BCUT2D eigenvalue weighted by Gasteiger charge is -2.09. The molecule has 5 nitrogen and oxygen atoms in total. The molecule has 0 bridgehead atoms. The van der Waals surface area contributed by atoms with E-state index in [1.807, 2.05) is 6.07 Å². The third-order valence-electron chi connectivity index (χ3n) is 2.26. The number of carboxylic acids is 1. The van der Waals surface area contributed by atoms with Crippen molar-refractivity contribution < 1.29 is 9.90 Å². The van der Waals surface area contributed by atoms with Crippen molar-refractivity contribution in [2.24, 2.45) is 5.92 Å². The third-order valence-corrected chi connectivity index (χ3v) is 2.26. The van der Waals surface area contributed by atoms with Gasteiger partial charge in [-0.15, -0.1) is 0 Å². The van der Waals surface area contributed by atoms with Gasteiger partial charge >= 0.3 is 5.97 Å². The molecule has 1 aromatic heterocycles. The van der Waals surface area contributed by atoms with Gasteiger partial charge < -0.3 is 10.4 Å². The smallest absolute Gasteiger partial charge is 0.306 e. The molecule has 0 aliphatic heterocycles. The van der Waals surface area contributed by atoms with Crippen molar-refractivity contribution >= 4 is 11.7 Å². The van der Waals surface area contributed by atoms with Crippen molar-refractivity contribution in [3.8, 4) is 6.07 Å². The maximum Gasteiger partial charge on any atom is 0.306 e. The van der Waals surface area contributed by atoms with Crippen molar-refractivity contribution in [1.82, 2.24) is 4.98 Å². The summed E-state index contributed by atoms with van der Waals surface area (Å²) in [7, 11) is 0. The van der Waals surface area contributed by atoms with Gasteiger partial charge in [0, 0.05) is 12.7 Å². The van der Waals surface area contributed by atoms with Crippen LogP contribution in [0.2, 0.25) is 0 Å². The summed E-state index contributed by atoms with van der Waals surface area (Å²) >= 11 is 0. The number of aliphatic carboxylic acids is 1. The van der Waals surface area contributed by atoms with E-state index in [1.165, 1.54) is 0 Å². The first-order valence-electron chi connectivity index (χ1n) is 4.96. The molecule has 0 fully saturated rings. The molecule has 0 saturated heterocycles. The molecule has 0 aliphatic carbocycles. The number of carboxylic acid groups (broad SMARTS) is 1. The first kappa shape index (κ1) is 12.0. The second kappa shape index (κ2) is 5.71. The summed E-state index contributed by atoms with van der Waals surface area (Å²) in [5, 5.41) is 20.5. The minimum absolute atomic E-state index is 0.394. The summed E-state index contributed by atoms with van der Waals surface area (Å²) in [6.07, 6.45) is 3.61. The highest BCUT2D eigenvalue weighted by molar-refractivity contribution is 5.69. The van der Waals surface area contributed by atoms with Crippen molar-refractivity contribution in [3.05, 3.63) is 24.0 Å². The summed E-state index contributed by atoms with van der Waals surface area (Å²) in [5.74, 6) is -1.21. The minimum Gasteiger partial charge on any atom is -0.481 e. The summed E-state index contributed by atoms with van der Waals surface area (Å²) in [6, 6.07) is 3.65. The predicted molar refractivity (Wildman–Crippen MR) is 58.9 cm³/mol. The van der Waals surface area contributed by atoms with E-state index < -0.39 is 11.9 Å². The monoisotopic (exact) mass is 219 g/mol. The van der Waals surface area contributed by atoms with E-state index in [-0.39, 0.29) is 0 Å². The first-order chi connectivity index (χ1) is 7.65. The van der Waals surface area contributed by atoms with Crippen LogP contribution in [-0.2, 0) is 4.79 Å². The van der Waals surface area contributed by atoms with Crippen LogP contribution in [0.1, 0.15) is 18.9 Å². The normalized spacial score (nSPS) is 11.5. The van der Waals surface area contributed by atoms with Crippen molar-refractivity contribution in [2.45, 2.75) is 13.3 Å². The molecule has 1 rings (SSSR count). The van der Waals surface area contributed by atoms with E-state index in [4.69, 9.17) is 10.4 Å². The summed E-state index contributed by atoms with van der Waals surface area (Å²) in [4.78, 5) is 14.5. The summed E-state index contributed by atoms with van der Waals surface area (Å²) in [5.41, 5.74) is 1.15. The lowest BCUT2D eigenvalue weighted by atomic mass is 10.1. The summed E-state index contributed by atoms with van der Waals surface area (Å²) in [6.45, 7) is 2.16. The number of pyridine rings is 1. The molecule has 84 valence electrons. The fourth-order valence-electron chi connectivity index (χ4n) is 1.18. The van der Waals surface area contributed by atoms with Crippen LogP contribution >= 0.6 is 0 Å². The van der Waals surface area contributed by atoms with Gasteiger partial charge in [-0.05, 0) is 12.5 Å². The number of carbonyl (C=O) groups is 1. The van der Waals surface area contributed by atoms with E-state index in [1.54, 1.807) is 25.4 Å². The zero-order chi connectivity index (χ0) is 12.0. The van der Waals surface area contributed by atoms with E-state index >= 15 is 0 Å². The molecule has 1 atom stereocenters.